The average molecular weight is 237 g/mol. The lowest BCUT2D eigenvalue weighted by Gasteiger charge is -2.05. The van der Waals surface area contributed by atoms with Crippen molar-refractivity contribution < 1.29 is 14.3 Å². The van der Waals surface area contributed by atoms with Gasteiger partial charge in [0, 0.05) is 11.3 Å². The number of rotatable bonds is 5. The number of ether oxygens (including phenoxy) is 1. The lowest BCUT2D eigenvalue weighted by molar-refractivity contribution is -0.138. The molecule has 0 bridgehead atoms. The van der Waals surface area contributed by atoms with Gasteiger partial charge >= 0.3 is 5.97 Å². The molecule has 0 unspecified atom stereocenters. The van der Waals surface area contributed by atoms with Gasteiger partial charge in [0.1, 0.15) is 6.61 Å². The Morgan fingerprint density at radius 2 is 2.29 bits per heavy atom. The molecule has 0 atom stereocenters. The smallest absolute Gasteiger partial charge is 0.333 e. The van der Waals surface area contributed by atoms with Crippen molar-refractivity contribution in [3.05, 3.63) is 29.6 Å². The van der Waals surface area contributed by atoms with E-state index in [2.05, 4.69) is 22.1 Å². The first-order valence-corrected chi connectivity index (χ1v) is 5.13. The molecule has 1 aromatic rings. The molecule has 1 rings (SSSR count). The molecule has 0 saturated heterocycles. The quantitative estimate of drug-likeness (QED) is 0.445. The summed E-state index contributed by atoms with van der Waals surface area (Å²) in [6.07, 6.45) is 1.45. The van der Waals surface area contributed by atoms with Crippen molar-refractivity contribution in [3.8, 4) is 0 Å². The molecule has 0 aliphatic heterocycles. The van der Waals surface area contributed by atoms with Crippen LogP contribution >= 0.6 is 0 Å². The van der Waals surface area contributed by atoms with Gasteiger partial charge in [0.25, 0.3) is 5.91 Å². The Morgan fingerprint density at radius 1 is 1.59 bits per heavy atom. The predicted molar refractivity (Wildman–Crippen MR) is 61.4 cm³/mol. The normalized spacial score (nSPS) is 9.76. The van der Waals surface area contributed by atoms with Crippen molar-refractivity contribution in [2.45, 2.75) is 13.8 Å². The molecule has 1 heterocycles. The topological polar surface area (TPSA) is 84.1 Å². The number of nitrogens with zero attached hydrogens (tertiary/aromatic N) is 1. The standard InChI is InChI=1S/C11H15N3O3/c1-7(2)11(16)17-5-4-12-10(15)9-6-13-14-8(9)3/h6H,1,4-5H2,2-3H3,(H,12,15)(H,13,14). The summed E-state index contributed by atoms with van der Waals surface area (Å²) in [5.74, 6) is -0.707. The predicted octanol–water partition coefficient (Wildman–Crippen LogP) is 0.567. The van der Waals surface area contributed by atoms with Gasteiger partial charge < -0.3 is 10.1 Å². The molecule has 0 spiro atoms. The van der Waals surface area contributed by atoms with Crippen molar-refractivity contribution in [1.82, 2.24) is 15.5 Å². The van der Waals surface area contributed by atoms with E-state index in [0.29, 0.717) is 16.8 Å². The number of carbonyl (C=O) groups excluding carboxylic acids is 2. The molecule has 17 heavy (non-hydrogen) atoms. The van der Waals surface area contributed by atoms with Gasteiger partial charge in [-0.2, -0.15) is 5.10 Å². The number of hydrogen-bond donors (Lipinski definition) is 2. The van der Waals surface area contributed by atoms with E-state index < -0.39 is 5.97 Å². The molecule has 1 aromatic heterocycles. The third-order valence-corrected chi connectivity index (χ3v) is 2.04. The van der Waals surface area contributed by atoms with E-state index in [1.807, 2.05) is 0 Å². The van der Waals surface area contributed by atoms with Gasteiger partial charge in [-0.15, -0.1) is 0 Å². The minimum Gasteiger partial charge on any atom is -0.460 e. The summed E-state index contributed by atoms with van der Waals surface area (Å²) in [5, 5.41) is 9.02. The molecule has 0 radical (unpaired) electrons. The van der Waals surface area contributed by atoms with Crippen molar-refractivity contribution >= 4 is 11.9 Å². The maximum absolute atomic E-state index is 11.6. The second kappa shape index (κ2) is 5.83. The molecule has 0 aliphatic carbocycles. The Balaban J connectivity index is 2.28. The second-order valence-electron chi connectivity index (χ2n) is 3.58. The molecular formula is C11H15N3O3. The van der Waals surface area contributed by atoms with Crippen LogP contribution in [-0.4, -0.2) is 35.2 Å². The van der Waals surface area contributed by atoms with Crippen LogP contribution in [0.3, 0.4) is 0 Å². The fourth-order valence-electron chi connectivity index (χ4n) is 1.11. The first-order chi connectivity index (χ1) is 8.02. The average Bonchev–Trinajstić information content (AvgIpc) is 2.70. The van der Waals surface area contributed by atoms with Crippen LogP contribution < -0.4 is 5.32 Å². The van der Waals surface area contributed by atoms with Crippen LogP contribution in [-0.2, 0) is 9.53 Å². The molecule has 0 saturated carbocycles. The largest absolute Gasteiger partial charge is 0.460 e. The molecule has 0 aromatic carbocycles. The van der Waals surface area contributed by atoms with Gasteiger partial charge in [-0.05, 0) is 13.8 Å². The van der Waals surface area contributed by atoms with Gasteiger partial charge in [0.05, 0.1) is 18.3 Å². The molecule has 6 nitrogen and oxygen atoms in total. The monoisotopic (exact) mass is 237 g/mol. The molecule has 2 N–H and O–H groups in total. The van der Waals surface area contributed by atoms with Crippen molar-refractivity contribution in [3.63, 3.8) is 0 Å². The summed E-state index contributed by atoms with van der Waals surface area (Å²) in [6.45, 7) is 7.14. The maximum atomic E-state index is 11.6. The van der Waals surface area contributed by atoms with Crippen LogP contribution in [0.1, 0.15) is 23.0 Å². The van der Waals surface area contributed by atoms with E-state index in [1.54, 1.807) is 13.8 Å². The fraction of sp³-hybridized carbons (Fsp3) is 0.364. The van der Waals surface area contributed by atoms with Gasteiger partial charge in [0.15, 0.2) is 0 Å². The summed E-state index contributed by atoms with van der Waals surface area (Å²) in [5.41, 5.74) is 1.51. The second-order valence-corrected chi connectivity index (χ2v) is 3.58. The van der Waals surface area contributed by atoms with Crippen LogP contribution in [0.5, 0.6) is 0 Å². The minimum absolute atomic E-state index is 0.119. The zero-order valence-electron chi connectivity index (χ0n) is 9.87. The number of aromatic nitrogens is 2. The Bertz CT molecular complexity index is 437. The van der Waals surface area contributed by atoms with E-state index in [4.69, 9.17) is 4.74 Å². The SMILES string of the molecule is C=C(C)C(=O)OCCNC(=O)c1cn[nH]c1C. The van der Waals surface area contributed by atoms with E-state index >= 15 is 0 Å². The summed E-state index contributed by atoms with van der Waals surface area (Å²) < 4.78 is 4.82. The number of hydrogen-bond acceptors (Lipinski definition) is 4. The Morgan fingerprint density at radius 3 is 2.82 bits per heavy atom. The first kappa shape index (κ1) is 13.0. The Hall–Kier alpha value is -2.11. The maximum Gasteiger partial charge on any atom is 0.333 e. The highest BCUT2D eigenvalue weighted by Gasteiger charge is 2.10. The highest BCUT2D eigenvalue weighted by Crippen LogP contribution is 2.01. The minimum atomic E-state index is -0.459. The number of H-pyrrole nitrogens is 1. The number of aryl methyl sites for hydroxylation is 1. The van der Waals surface area contributed by atoms with Gasteiger partial charge in [-0.25, -0.2) is 4.79 Å². The molecular weight excluding hydrogens is 222 g/mol. The number of amides is 1. The van der Waals surface area contributed by atoms with Gasteiger partial charge in [0.2, 0.25) is 0 Å². The number of esters is 1. The van der Waals surface area contributed by atoms with Crippen LogP contribution in [0.2, 0.25) is 0 Å². The fourth-order valence-corrected chi connectivity index (χ4v) is 1.11. The highest BCUT2D eigenvalue weighted by molar-refractivity contribution is 5.94. The van der Waals surface area contributed by atoms with Crippen molar-refractivity contribution in [2.75, 3.05) is 13.2 Å². The lowest BCUT2D eigenvalue weighted by atomic mass is 10.2. The highest BCUT2D eigenvalue weighted by atomic mass is 16.5. The van der Waals surface area contributed by atoms with Crippen LogP contribution in [0.25, 0.3) is 0 Å². The van der Waals surface area contributed by atoms with E-state index in [1.165, 1.54) is 6.20 Å². The lowest BCUT2D eigenvalue weighted by Crippen LogP contribution is -2.28. The van der Waals surface area contributed by atoms with Gasteiger partial charge in [-0.1, -0.05) is 6.58 Å². The third kappa shape index (κ3) is 3.75. The summed E-state index contributed by atoms with van der Waals surface area (Å²) in [7, 11) is 0. The van der Waals surface area contributed by atoms with Crippen LogP contribution in [0.4, 0.5) is 0 Å². The van der Waals surface area contributed by atoms with Crippen LogP contribution in [0.15, 0.2) is 18.3 Å². The van der Waals surface area contributed by atoms with Crippen molar-refractivity contribution in [1.29, 1.82) is 0 Å². The van der Waals surface area contributed by atoms with Gasteiger partial charge in [-0.3, -0.25) is 9.89 Å². The number of nitrogens with one attached hydrogen (secondary N) is 2. The van der Waals surface area contributed by atoms with E-state index in [-0.39, 0.29) is 19.1 Å². The zero-order valence-corrected chi connectivity index (χ0v) is 9.87. The van der Waals surface area contributed by atoms with Crippen LogP contribution in [0, 0.1) is 6.92 Å². The molecule has 0 aliphatic rings. The Labute approximate surface area is 99.0 Å². The molecule has 1 amide bonds. The Kier molecular flexibility index (Phi) is 4.45. The number of carbonyl (C=O) groups is 2. The first-order valence-electron chi connectivity index (χ1n) is 5.13. The summed E-state index contributed by atoms with van der Waals surface area (Å²) >= 11 is 0. The van der Waals surface area contributed by atoms with E-state index in [9.17, 15) is 9.59 Å². The molecule has 0 fully saturated rings. The summed E-state index contributed by atoms with van der Waals surface area (Å²) in [4.78, 5) is 22.6. The molecule has 92 valence electrons. The molecule has 6 heteroatoms. The third-order valence-electron chi connectivity index (χ3n) is 2.04. The zero-order chi connectivity index (χ0) is 12.8. The van der Waals surface area contributed by atoms with E-state index in [0.717, 1.165) is 0 Å². The summed E-state index contributed by atoms with van der Waals surface area (Å²) in [6, 6.07) is 0. The van der Waals surface area contributed by atoms with Crippen molar-refractivity contribution in [2.24, 2.45) is 0 Å². The number of aromatic amines is 1.